The average Bonchev–Trinajstić information content (AvgIpc) is 1.92. The van der Waals surface area contributed by atoms with Crippen molar-refractivity contribution in [3.63, 3.8) is 0 Å². The second kappa shape index (κ2) is 5.72. The maximum Gasteiger partial charge on any atom is 0.0461 e. The van der Waals surface area contributed by atoms with Gasteiger partial charge in [0.1, 0.15) is 0 Å². The Morgan fingerprint density at radius 3 is 1.80 bits per heavy atom. The summed E-state index contributed by atoms with van der Waals surface area (Å²) in [6.45, 7) is 6.62. The summed E-state index contributed by atoms with van der Waals surface area (Å²) < 4.78 is 0. The largest absolute Gasteiger partial charge is 0.396 e. The van der Waals surface area contributed by atoms with Gasteiger partial charge >= 0.3 is 0 Å². The highest BCUT2D eigenvalue weighted by atomic mass is 16.3. The Morgan fingerprint density at radius 1 is 1.20 bits per heavy atom. The first-order chi connectivity index (χ1) is 4.88. The summed E-state index contributed by atoms with van der Waals surface area (Å²) in [4.78, 5) is 0. The van der Waals surface area contributed by atoms with Gasteiger partial charge in [0.2, 0.25) is 0 Å². The normalized spacial score (nSPS) is 30.0. The van der Waals surface area contributed by atoms with E-state index >= 15 is 0 Å². The van der Waals surface area contributed by atoms with Crippen LogP contribution in [-0.4, -0.2) is 11.7 Å². The molecule has 1 saturated carbocycles. The SMILES string of the molecule is CC.CCC1CCC1CO. The van der Waals surface area contributed by atoms with Gasteiger partial charge in [0.25, 0.3) is 0 Å². The maximum atomic E-state index is 8.69. The van der Waals surface area contributed by atoms with E-state index in [9.17, 15) is 0 Å². The van der Waals surface area contributed by atoms with Crippen LogP contribution in [0.25, 0.3) is 0 Å². The van der Waals surface area contributed by atoms with Gasteiger partial charge < -0.3 is 5.11 Å². The molecule has 0 heterocycles. The molecule has 1 rings (SSSR count). The van der Waals surface area contributed by atoms with E-state index in [0.29, 0.717) is 12.5 Å². The first kappa shape index (κ1) is 9.96. The van der Waals surface area contributed by atoms with Crippen LogP contribution in [0.3, 0.4) is 0 Å². The molecule has 1 fully saturated rings. The molecule has 62 valence electrons. The van der Waals surface area contributed by atoms with E-state index in [1.165, 1.54) is 19.3 Å². The van der Waals surface area contributed by atoms with Crippen LogP contribution in [0.5, 0.6) is 0 Å². The molecule has 0 aliphatic heterocycles. The van der Waals surface area contributed by atoms with Crippen LogP contribution in [0, 0.1) is 11.8 Å². The quantitative estimate of drug-likeness (QED) is 0.631. The predicted molar refractivity (Wildman–Crippen MR) is 44.9 cm³/mol. The summed E-state index contributed by atoms with van der Waals surface area (Å²) in [6.07, 6.45) is 3.86. The molecule has 0 radical (unpaired) electrons. The highest BCUT2D eigenvalue weighted by Gasteiger charge is 2.27. The fraction of sp³-hybridized carbons (Fsp3) is 1.00. The molecule has 1 aliphatic rings. The minimum Gasteiger partial charge on any atom is -0.396 e. The van der Waals surface area contributed by atoms with E-state index in [4.69, 9.17) is 5.11 Å². The lowest BCUT2D eigenvalue weighted by Crippen LogP contribution is -2.27. The van der Waals surface area contributed by atoms with Crippen LogP contribution in [0.1, 0.15) is 40.0 Å². The third kappa shape index (κ3) is 2.30. The molecule has 0 amide bonds. The van der Waals surface area contributed by atoms with Gasteiger partial charge in [0.15, 0.2) is 0 Å². The van der Waals surface area contributed by atoms with Crippen molar-refractivity contribution in [3.8, 4) is 0 Å². The Labute approximate surface area is 64.5 Å². The van der Waals surface area contributed by atoms with E-state index in [1.54, 1.807) is 0 Å². The van der Waals surface area contributed by atoms with Gasteiger partial charge in [0.05, 0.1) is 0 Å². The summed E-state index contributed by atoms with van der Waals surface area (Å²) in [5.41, 5.74) is 0. The van der Waals surface area contributed by atoms with Crippen molar-refractivity contribution in [3.05, 3.63) is 0 Å². The first-order valence-corrected chi connectivity index (χ1v) is 4.49. The topological polar surface area (TPSA) is 20.2 Å². The predicted octanol–water partition coefficient (Wildman–Crippen LogP) is 2.44. The molecule has 1 aliphatic carbocycles. The Morgan fingerprint density at radius 2 is 1.70 bits per heavy atom. The second-order valence-electron chi connectivity index (χ2n) is 2.69. The maximum absolute atomic E-state index is 8.69. The highest BCUT2D eigenvalue weighted by Crippen LogP contribution is 2.35. The van der Waals surface area contributed by atoms with E-state index < -0.39 is 0 Å². The van der Waals surface area contributed by atoms with E-state index in [2.05, 4.69) is 6.92 Å². The minimum atomic E-state index is 0.415. The fourth-order valence-electron chi connectivity index (χ4n) is 1.42. The molecule has 0 spiro atoms. The van der Waals surface area contributed by atoms with Gasteiger partial charge in [-0.25, -0.2) is 0 Å². The number of rotatable bonds is 2. The molecule has 2 unspecified atom stereocenters. The second-order valence-corrected chi connectivity index (χ2v) is 2.69. The number of aliphatic hydroxyl groups excluding tert-OH is 1. The Bertz CT molecular complexity index is 57.1. The van der Waals surface area contributed by atoms with Crippen LogP contribution >= 0.6 is 0 Å². The zero-order valence-electron chi connectivity index (χ0n) is 7.43. The molecule has 0 aromatic carbocycles. The van der Waals surface area contributed by atoms with Crippen LogP contribution in [0.2, 0.25) is 0 Å². The molecule has 0 aromatic rings. The van der Waals surface area contributed by atoms with Crippen molar-refractivity contribution in [2.75, 3.05) is 6.61 Å². The van der Waals surface area contributed by atoms with Crippen molar-refractivity contribution in [2.45, 2.75) is 40.0 Å². The minimum absolute atomic E-state index is 0.415. The number of aliphatic hydroxyl groups is 1. The van der Waals surface area contributed by atoms with Crippen LogP contribution < -0.4 is 0 Å². The van der Waals surface area contributed by atoms with Gasteiger partial charge in [-0.2, -0.15) is 0 Å². The van der Waals surface area contributed by atoms with Crippen molar-refractivity contribution in [2.24, 2.45) is 11.8 Å². The lowest BCUT2D eigenvalue weighted by Gasteiger charge is -2.34. The Balaban J connectivity index is 0.000000371. The monoisotopic (exact) mass is 144 g/mol. The van der Waals surface area contributed by atoms with Crippen molar-refractivity contribution >= 4 is 0 Å². The molecule has 1 N–H and O–H groups in total. The van der Waals surface area contributed by atoms with Crippen LogP contribution in [0.15, 0.2) is 0 Å². The van der Waals surface area contributed by atoms with Crippen molar-refractivity contribution in [1.82, 2.24) is 0 Å². The number of hydrogen-bond acceptors (Lipinski definition) is 1. The Hall–Kier alpha value is -0.0400. The summed E-state index contributed by atoms with van der Waals surface area (Å²) in [7, 11) is 0. The van der Waals surface area contributed by atoms with Gasteiger partial charge in [-0.05, 0) is 24.7 Å². The molecule has 0 bridgehead atoms. The van der Waals surface area contributed by atoms with E-state index in [-0.39, 0.29) is 0 Å². The van der Waals surface area contributed by atoms with Gasteiger partial charge in [-0.1, -0.05) is 27.2 Å². The van der Waals surface area contributed by atoms with Crippen LogP contribution in [0.4, 0.5) is 0 Å². The van der Waals surface area contributed by atoms with Crippen LogP contribution in [-0.2, 0) is 0 Å². The molecular weight excluding hydrogens is 124 g/mol. The van der Waals surface area contributed by atoms with Gasteiger partial charge in [-0.3, -0.25) is 0 Å². The molecule has 10 heavy (non-hydrogen) atoms. The van der Waals surface area contributed by atoms with E-state index in [1.807, 2.05) is 13.8 Å². The zero-order valence-corrected chi connectivity index (χ0v) is 7.43. The third-order valence-electron chi connectivity index (χ3n) is 2.33. The summed E-state index contributed by atoms with van der Waals surface area (Å²) in [5.74, 6) is 1.50. The molecule has 1 heteroatoms. The smallest absolute Gasteiger partial charge is 0.0461 e. The summed E-state index contributed by atoms with van der Waals surface area (Å²) >= 11 is 0. The molecule has 1 nitrogen and oxygen atoms in total. The van der Waals surface area contributed by atoms with Gasteiger partial charge in [-0.15, -0.1) is 0 Å². The molecule has 2 atom stereocenters. The van der Waals surface area contributed by atoms with Crippen molar-refractivity contribution < 1.29 is 5.11 Å². The van der Waals surface area contributed by atoms with Gasteiger partial charge in [0, 0.05) is 6.61 Å². The summed E-state index contributed by atoms with van der Waals surface area (Å²) in [6, 6.07) is 0. The molecule has 0 saturated heterocycles. The first-order valence-electron chi connectivity index (χ1n) is 4.49. The Kier molecular flexibility index (Phi) is 5.70. The third-order valence-corrected chi connectivity index (χ3v) is 2.33. The zero-order chi connectivity index (χ0) is 7.98. The molecule has 0 aromatic heterocycles. The highest BCUT2D eigenvalue weighted by molar-refractivity contribution is 4.78. The lowest BCUT2D eigenvalue weighted by atomic mass is 9.73. The fourth-order valence-corrected chi connectivity index (χ4v) is 1.42. The van der Waals surface area contributed by atoms with Crippen molar-refractivity contribution in [1.29, 1.82) is 0 Å². The summed E-state index contributed by atoms with van der Waals surface area (Å²) in [5, 5.41) is 8.69. The average molecular weight is 144 g/mol. The molecular formula is C9H20O. The standard InChI is InChI=1S/C7H14O.C2H6/c1-2-6-3-4-7(6)5-8;1-2/h6-8H,2-5H2,1H3;1-2H3. The number of hydrogen-bond donors (Lipinski definition) is 1. The lowest BCUT2D eigenvalue weighted by molar-refractivity contribution is 0.0884. The van der Waals surface area contributed by atoms with E-state index in [0.717, 1.165) is 5.92 Å².